The Bertz CT molecular complexity index is 2810. The Morgan fingerprint density at radius 2 is 0.887 bits per heavy atom. The maximum Gasteiger partial charge on any atom is 0.250 e. The van der Waals surface area contributed by atoms with Gasteiger partial charge in [0.1, 0.15) is 17.1 Å². The summed E-state index contributed by atoms with van der Waals surface area (Å²) in [5, 5.41) is 11.1. The molecule has 0 unspecified atom stereocenters. The smallest absolute Gasteiger partial charge is 0.250 e. The number of nitrogens with zero attached hydrogens (tertiary/aromatic N) is 7. The molecule has 10 rings (SSSR count). The molecule has 5 heterocycles. The van der Waals surface area contributed by atoms with Crippen LogP contribution < -0.4 is 9.80 Å². The van der Waals surface area contributed by atoms with Gasteiger partial charge in [-0.05, 0) is 58.7 Å². The lowest BCUT2D eigenvalue weighted by Crippen LogP contribution is -2.30. The van der Waals surface area contributed by atoms with Gasteiger partial charge in [-0.25, -0.2) is 9.97 Å². The van der Waals surface area contributed by atoms with Gasteiger partial charge in [-0.15, -0.1) is 0 Å². The van der Waals surface area contributed by atoms with E-state index in [1.165, 1.54) is 22.3 Å². The third kappa shape index (κ3) is 4.25. The van der Waals surface area contributed by atoms with Crippen LogP contribution in [0.1, 0.15) is 55.6 Å². The van der Waals surface area contributed by atoms with Crippen LogP contribution >= 0.6 is 0 Å². The molecule has 5 aromatic carbocycles. The molecule has 0 spiro atoms. The van der Waals surface area contributed by atoms with Gasteiger partial charge in [-0.3, -0.25) is 9.97 Å². The van der Waals surface area contributed by atoms with Crippen molar-refractivity contribution in [2.75, 3.05) is 9.80 Å². The van der Waals surface area contributed by atoms with Crippen LogP contribution in [0.15, 0.2) is 122 Å². The summed E-state index contributed by atoms with van der Waals surface area (Å²) in [5.74, 6) is -0.924. The number of aromatic nitrogens is 4. The Morgan fingerprint density at radius 3 is 1.26 bits per heavy atom. The summed E-state index contributed by atoms with van der Waals surface area (Å²) < 4.78 is 15.5. The third-order valence-electron chi connectivity index (χ3n) is 11.2. The molecular formula is C45H32FN7. The summed E-state index contributed by atoms with van der Waals surface area (Å²) in [6.07, 6.45) is 3.71. The second-order valence-electron chi connectivity index (χ2n) is 14.8. The van der Waals surface area contributed by atoms with Crippen LogP contribution in [-0.4, -0.2) is 19.9 Å². The number of benzene rings is 5. The van der Waals surface area contributed by atoms with E-state index >= 15 is 4.39 Å². The number of para-hydroxylation sites is 4. The first-order chi connectivity index (χ1) is 25.7. The minimum atomic E-state index is -0.924. The number of hydrogen-bond donors (Lipinski definition) is 0. The van der Waals surface area contributed by atoms with Crippen molar-refractivity contribution in [3.8, 4) is 6.07 Å². The normalized spacial score (nSPS) is 15.1. The number of anilines is 6. The largest absolute Gasteiger partial charge is 0.308 e. The zero-order valence-corrected chi connectivity index (χ0v) is 29.6. The lowest BCUT2D eigenvalue weighted by molar-refractivity contribution is 0.579. The second kappa shape index (κ2) is 10.9. The highest BCUT2D eigenvalue weighted by Crippen LogP contribution is 2.54. The zero-order valence-electron chi connectivity index (χ0n) is 29.6. The Balaban J connectivity index is 1.24. The van der Waals surface area contributed by atoms with Gasteiger partial charge in [0.2, 0.25) is 5.95 Å². The summed E-state index contributed by atoms with van der Waals surface area (Å²) >= 11 is 0. The quantitative estimate of drug-likeness (QED) is 0.167. The van der Waals surface area contributed by atoms with E-state index in [0.717, 1.165) is 34.1 Å². The molecule has 0 aliphatic carbocycles. The zero-order chi connectivity index (χ0) is 36.2. The minimum Gasteiger partial charge on any atom is -0.308 e. The summed E-state index contributed by atoms with van der Waals surface area (Å²) in [5.41, 5.74) is 11.6. The van der Waals surface area contributed by atoms with E-state index in [4.69, 9.17) is 9.97 Å². The number of hydrogen-bond acceptors (Lipinski definition) is 7. The summed E-state index contributed by atoms with van der Waals surface area (Å²) in [6, 6.07) is 39.5. The van der Waals surface area contributed by atoms with Gasteiger partial charge in [0, 0.05) is 21.6 Å². The number of halogens is 1. The van der Waals surface area contributed by atoms with E-state index < -0.39 is 5.95 Å². The Kier molecular flexibility index (Phi) is 6.38. The average Bonchev–Trinajstić information content (AvgIpc) is 3.18. The van der Waals surface area contributed by atoms with E-state index in [2.05, 4.69) is 120 Å². The molecule has 8 heteroatoms. The first kappa shape index (κ1) is 31.1. The maximum atomic E-state index is 15.5. The highest BCUT2D eigenvalue weighted by atomic mass is 19.1. The molecule has 0 fully saturated rings. The molecule has 0 saturated heterocycles. The number of rotatable bonds is 2. The van der Waals surface area contributed by atoms with Crippen molar-refractivity contribution in [1.82, 2.24) is 19.9 Å². The summed E-state index contributed by atoms with van der Waals surface area (Å²) in [7, 11) is 0. The van der Waals surface area contributed by atoms with Crippen molar-refractivity contribution in [3.05, 3.63) is 155 Å². The number of nitriles is 1. The Hall–Kier alpha value is -6.72. The monoisotopic (exact) mass is 689 g/mol. The SMILES string of the molecule is CC1(C)c2ccccc2N(c2cnc3c(c2)c2nc(F)c(C#N)nc2c2cc(N4c5ccccc5C(C)(C)c5ccccc54)cnc23)c2ccccc21. The van der Waals surface area contributed by atoms with E-state index in [-0.39, 0.29) is 16.5 Å². The van der Waals surface area contributed by atoms with Crippen LogP contribution in [0.3, 0.4) is 0 Å². The van der Waals surface area contributed by atoms with E-state index in [1.807, 2.05) is 54.9 Å². The van der Waals surface area contributed by atoms with Gasteiger partial charge in [-0.2, -0.15) is 9.65 Å². The van der Waals surface area contributed by atoms with E-state index in [1.54, 1.807) is 0 Å². The van der Waals surface area contributed by atoms with Crippen molar-refractivity contribution in [2.45, 2.75) is 38.5 Å². The lowest BCUT2D eigenvalue weighted by atomic mass is 9.73. The molecule has 7 nitrogen and oxygen atoms in total. The number of pyridine rings is 2. The highest BCUT2D eigenvalue weighted by molar-refractivity contribution is 6.21. The van der Waals surface area contributed by atoms with Gasteiger partial charge < -0.3 is 9.80 Å². The molecule has 0 amide bonds. The van der Waals surface area contributed by atoms with Gasteiger partial charge in [0.05, 0.1) is 57.6 Å². The first-order valence-corrected chi connectivity index (χ1v) is 17.7. The van der Waals surface area contributed by atoms with Crippen LogP contribution in [0.2, 0.25) is 0 Å². The highest BCUT2D eigenvalue weighted by Gasteiger charge is 2.38. The molecule has 0 saturated carbocycles. The molecular weight excluding hydrogens is 658 g/mol. The minimum absolute atomic E-state index is 0.228. The van der Waals surface area contributed by atoms with E-state index in [0.29, 0.717) is 32.8 Å². The molecule has 53 heavy (non-hydrogen) atoms. The van der Waals surface area contributed by atoms with E-state index in [9.17, 15) is 5.26 Å². The fourth-order valence-electron chi connectivity index (χ4n) is 8.65. The number of fused-ring (bicyclic) bond motifs is 10. The molecule has 8 aromatic rings. The van der Waals surface area contributed by atoms with Crippen LogP contribution in [0, 0.1) is 17.3 Å². The fourth-order valence-corrected chi connectivity index (χ4v) is 8.65. The van der Waals surface area contributed by atoms with Gasteiger partial charge >= 0.3 is 0 Å². The van der Waals surface area contributed by atoms with Crippen molar-refractivity contribution in [3.63, 3.8) is 0 Å². The molecule has 2 aliphatic heterocycles. The Labute approximate surface area is 305 Å². The van der Waals surface area contributed by atoms with Crippen molar-refractivity contribution in [2.24, 2.45) is 0 Å². The van der Waals surface area contributed by atoms with Crippen LogP contribution in [-0.2, 0) is 10.8 Å². The van der Waals surface area contributed by atoms with Crippen molar-refractivity contribution < 1.29 is 4.39 Å². The molecule has 254 valence electrons. The van der Waals surface area contributed by atoms with Crippen molar-refractivity contribution in [1.29, 1.82) is 5.26 Å². The predicted molar refractivity (Wildman–Crippen MR) is 208 cm³/mol. The van der Waals surface area contributed by atoms with Gasteiger partial charge in [0.25, 0.3) is 0 Å². The molecule has 2 aliphatic rings. The predicted octanol–water partition coefficient (Wildman–Crippen LogP) is 11.0. The molecule has 0 atom stereocenters. The fraction of sp³-hybridized carbons (Fsp3) is 0.133. The first-order valence-electron chi connectivity index (χ1n) is 17.7. The van der Waals surface area contributed by atoms with Gasteiger partial charge in [-0.1, -0.05) is 100 Å². The molecule has 3 aromatic heterocycles. The standard InChI is InChI=1S/C45H32FN7/c1-44(2)30-13-5-9-17-35(30)52(36-18-10-6-14-31(36)44)26-21-28-39(48-24-26)40-29(42-41(28)50-34(23-47)43(46)51-42)22-27(25-49-40)53-37-19-11-7-15-32(37)45(3,4)33-16-8-12-20-38(33)53/h5-22,24-25H,1-4H3. The molecule has 0 N–H and O–H groups in total. The topological polar surface area (TPSA) is 81.8 Å². The average molecular weight is 690 g/mol. The molecule has 0 bridgehead atoms. The van der Waals surface area contributed by atoms with Crippen LogP contribution in [0.5, 0.6) is 0 Å². The maximum absolute atomic E-state index is 15.5. The van der Waals surface area contributed by atoms with Crippen LogP contribution in [0.25, 0.3) is 32.8 Å². The second-order valence-corrected chi connectivity index (χ2v) is 14.8. The lowest BCUT2D eigenvalue weighted by Gasteiger charge is -2.42. The summed E-state index contributed by atoms with van der Waals surface area (Å²) in [4.78, 5) is 23.5. The molecule has 0 radical (unpaired) electrons. The Morgan fingerprint density at radius 1 is 0.528 bits per heavy atom. The third-order valence-corrected chi connectivity index (χ3v) is 11.2. The van der Waals surface area contributed by atoms with Gasteiger partial charge in [0.15, 0.2) is 5.69 Å². The van der Waals surface area contributed by atoms with Crippen molar-refractivity contribution >= 4 is 67.0 Å². The summed E-state index contributed by atoms with van der Waals surface area (Å²) in [6.45, 7) is 8.98. The van der Waals surface area contributed by atoms with Crippen LogP contribution in [0.4, 0.5) is 38.5 Å².